The molecule has 0 aromatic heterocycles. The Bertz CT molecular complexity index is 854. The second kappa shape index (κ2) is 8.34. The predicted octanol–water partition coefficient (Wildman–Crippen LogP) is 6.71. The highest BCUT2D eigenvalue weighted by molar-refractivity contribution is 5.82. The molecule has 0 radical (unpaired) electrons. The van der Waals surface area contributed by atoms with E-state index >= 15 is 0 Å². The zero-order chi connectivity index (χ0) is 19.4. The Kier molecular flexibility index (Phi) is 5.66. The lowest BCUT2D eigenvalue weighted by Gasteiger charge is -2.36. The summed E-state index contributed by atoms with van der Waals surface area (Å²) < 4.78 is 6.21. The number of esters is 1. The van der Waals surface area contributed by atoms with E-state index in [1.165, 1.54) is 66.0 Å². The Balaban J connectivity index is 1.78. The van der Waals surface area contributed by atoms with Gasteiger partial charge < -0.3 is 4.74 Å². The van der Waals surface area contributed by atoms with E-state index in [4.69, 9.17) is 4.74 Å². The molecule has 0 saturated heterocycles. The van der Waals surface area contributed by atoms with Gasteiger partial charge in [-0.05, 0) is 59.9 Å². The molecule has 1 fully saturated rings. The molecular formula is C26H30O2. The summed E-state index contributed by atoms with van der Waals surface area (Å²) in [6.45, 7) is 3.66. The lowest BCUT2D eigenvalue weighted by molar-refractivity contribution is -0.157. The van der Waals surface area contributed by atoms with Crippen LogP contribution in [0.1, 0.15) is 74.5 Å². The molecule has 4 rings (SSSR count). The smallest absolute Gasteiger partial charge is 0.331 e. The Labute approximate surface area is 168 Å². The Morgan fingerprint density at radius 3 is 2.21 bits per heavy atom. The van der Waals surface area contributed by atoms with E-state index in [9.17, 15) is 4.79 Å². The molecule has 2 aliphatic rings. The quantitative estimate of drug-likeness (QED) is 0.376. The van der Waals surface area contributed by atoms with Gasteiger partial charge >= 0.3 is 5.97 Å². The fraction of sp³-hybridized carbons (Fsp3) is 0.423. The number of carbonyl (C=O) groups excluding carboxylic acids is 1. The molecule has 1 saturated carbocycles. The van der Waals surface area contributed by atoms with Crippen LogP contribution in [-0.4, -0.2) is 5.97 Å². The lowest BCUT2D eigenvalue weighted by atomic mass is 9.79. The summed E-state index contributed by atoms with van der Waals surface area (Å²) in [6.07, 6.45) is 12.6. The first-order valence-electron chi connectivity index (χ1n) is 10.8. The van der Waals surface area contributed by atoms with Crippen LogP contribution in [0.3, 0.4) is 0 Å². The van der Waals surface area contributed by atoms with E-state index in [0.717, 1.165) is 32.1 Å². The number of fused-ring (bicyclic) bond motifs is 3. The number of rotatable bonds is 3. The van der Waals surface area contributed by atoms with Crippen LogP contribution in [-0.2, 0) is 21.6 Å². The fourth-order valence-electron chi connectivity index (χ4n) is 5.07. The summed E-state index contributed by atoms with van der Waals surface area (Å²) in [7, 11) is 0. The molecule has 0 N–H and O–H groups in total. The first kappa shape index (κ1) is 19.0. The number of benzene rings is 2. The normalized spacial score (nSPS) is 18.6. The van der Waals surface area contributed by atoms with Crippen LogP contribution in [0.2, 0.25) is 0 Å². The van der Waals surface area contributed by atoms with Gasteiger partial charge in [-0.1, -0.05) is 81.1 Å². The molecule has 2 aromatic rings. The molecule has 2 nitrogen and oxygen atoms in total. The minimum absolute atomic E-state index is 0.301. The summed E-state index contributed by atoms with van der Waals surface area (Å²) >= 11 is 0. The third-order valence-corrected chi connectivity index (χ3v) is 6.47. The number of hydrogen-bond donors (Lipinski definition) is 0. The van der Waals surface area contributed by atoms with E-state index in [-0.39, 0.29) is 5.97 Å². The lowest BCUT2D eigenvalue weighted by Crippen LogP contribution is -2.33. The van der Waals surface area contributed by atoms with Gasteiger partial charge in [0.05, 0.1) is 0 Å². The monoisotopic (exact) mass is 374 g/mol. The summed E-state index contributed by atoms with van der Waals surface area (Å²) in [6, 6.07) is 15.2. The standard InChI is InChI=1S/C26H30O2/c1-2-25(27)28-26(17-10-6-4-3-5-7-11-18-26)24-16-12-15-22-21-14-9-8-13-20(21)19-23(22)24/h2,8-9,12-16H,1,3-7,10-11,17-19H2. The van der Waals surface area contributed by atoms with Crippen LogP contribution in [0, 0.1) is 0 Å². The summed E-state index contributed by atoms with van der Waals surface area (Å²) in [5.74, 6) is -0.301. The molecule has 2 aromatic carbocycles. The first-order chi connectivity index (χ1) is 13.7. The molecule has 0 heterocycles. The molecule has 146 valence electrons. The van der Waals surface area contributed by atoms with E-state index in [1.807, 2.05) is 0 Å². The van der Waals surface area contributed by atoms with E-state index < -0.39 is 5.60 Å². The van der Waals surface area contributed by atoms with E-state index in [2.05, 4.69) is 49.0 Å². The Hall–Kier alpha value is -2.35. The second-order valence-corrected chi connectivity index (χ2v) is 8.26. The van der Waals surface area contributed by atoms with Crippen LogP contribution in [0.5, 0.6) is 0 Å². The average Bonchev–Trinajstić information content (AvgIpc) is 3.11. The van der Waals surface area contributed by atoms with Gasteiger partial charge in [0.1, 0.15) is 5.60 Å². The molecule has 0 bridgehead atoms. The van der Waals surface area contributed by atoms with Gasteiger partial charge in [-0.15, -0.1) is 0 Å². The molecule has 0 aliphatic heterocycles. The Morgan fingerprint density at radius 2 is 1.50 bits per heavy atom. The van der Waals surface area contributed by atoms with Gasteiger partial charge in [0.15, 0.2) is 0 Å². The van der Waals surface area contributed by atoms with Crippen LogP contribution < -0.4 is 0 Å². The second-order valence-electron chi connectivity index (χ2n) is 8.26. The molecular weight excluding hydrogens is 344 g/mol. The number of hydrogen-bond acceptors (Lipinski definition) is 2. The van der Waals surface area contributed by atoms with Gasteiger partial charge in [-0.3, -0.25) is 0 Å². The molecule has 2 aliphatic carbocycles. The molecule has 0 atom stereocenters. The number of carbonyl (C=O) groups is 1. The van der Waals surface area contributed by atoms with Gasteiger partial charge in [-0.25, -0.2) is 4.79 Å². The van der Waals surface area contributed by atoms with Crippen molar-refractivity contribution in [1.82, 2.24) is 0 Å². The maximum Gasteiger partial charge on any atom is 0.331 e. The third-order valence-electron chi connectivity index (χ3n) is 6.47. The largest absolute Gasteiger partial charge is 0.451 e. The number of ether oxygens (including phenoxy) is 1. The van der Waals surface area contributed by atoms with Crippen molar-refractivity contribution in [1.29, 1.82) is 0 Å². The summed E-state index contributed by atoms with van der Waals surface area (Å²) in [5.41, 5.74) is 6.03. The van der Waals surface area contributed by atoms with Crippen LogP contribution in [0.4, 0.5) is 0 Å². The minimum Gasteiger partial charge on any atom is -0.451 e. The van der Waals surface area contributed by atoms with Crippen LogP contribution in [0.15, 0.2) is 55.1 Å². The fourth-order valence-corrected chi connectivity index (χ4v) is 5.07. The van der Waals surface area contributed by atoms with Gasteiger partial charge in [0, 0.05) is 6.08 Å². The maximum atomic E-state index is 12.4. The summed E-state index contributed by atoms with van der Waals surface area (Å²) in [4.78, 5) is 12.4. The maximum absolute atomic E-state index is 12.4. The first-order valence-corrected chi connectivity index (χ1v) is 10.8. The zero-order valence-corrected chi connectivity index (χ0v) is 16.7. The molecule has 28 heavy (non-hydrogen) atoms. The zero-order valence-electron chi connectivity index (χ0n) is 16.7. The van der Waals surface area contributed by atoms with Gasteiger partial charge in [0.25, 0.3) is 0 Å². The van der Waals surface area contributed by atoms with Crippen molar-refractivity contribution in [2.75, 3.05) is 0 Å². The van der Waals surface area contributed by atoms with Crippen molar-refractivity contribution in [3.05, 3.63) is 71.8 Å². The molecule has 2 heteroatoms. The van der Waals surface area contributed by atoms with Crippen molar-refractivity contribution in [3.8, 4) is 11.1 Å². The predicted molar refractivity (Wildman–Crippen MR) is 114 cm³/mol. The third kappa shape index (κ3) is 3.65. The average molecular weight is 375 g/mol. The molecule has 0 unspecified atom stereocenters. The van der Waals surface area contributed by atoms with Crippen molar-refractivity contribution in [2.45, 2.75) is 69.8 Å². The highest BCUT2D eigenvalue weighted by Gasteiger charge is 2.39. The Morgan fingerprint density at radius 1 is 0.857 bits per heavy atom. The topological polar surface area (TPSA) is 26.3 Å². The van der Waals surface area contributed by atoms with E-state index in [0.29, 0.717) is 0 Å². The van der Waals surface area contributed by atoms with Crippen molar-refractivity contribution in [2.24, 2.45) is 0 Å². The van der Waals surface area contributed by atoms with Gasteiger partial charge in [-0.2, -0.15) is 0 Å². The van der Waals surface area contributed by atoms with Crippen molar-refractivity contribution >= 4 is 5.97 Å². The summed E-state index contributed by atoms with van der Waals surface area (Å²) in [5, 5.41) is 0. The minimum atomic E-state index is -0.532. The molecule has 0 amide bonds. The van der Waals surface area contributed by atoms with Crippen LogP contribution in [0.25, 0.3) is 11.1 Å². The molecule has 0 spiro atoms. The van der Waals surface area contributed by atoms with Gasteiger partial charge in [0.2, 0.25) is 0 Å². The SMILES string of the molecule is C=CC(=O)OC1(c2cccc3c2Cc2ccccc2-3)CCCCCCCCC1. The van der Waals surface area contributed by atoms with Crippen LogP contribution >= 0.6 is 0 Å². The van der Waals surface area contributed by atoms with E-state index in [1.54, 1.807) is 0 Å². The highest BCUT2D eigenvalue weighted by atomic mass is 16.6. The van der Waals surface area contributed by atoms with Crippen molar-refractivity contribution < 1.29 is 9.53 Å². The highest BCUT2D eigenvalue weighted by Crippen LogP contribution is 2.46. The van der Waals surface area contributed by atoms with Crippen molar-refractivity contribution in [3.63, 3.8) is 0 Å².